The zero-order valence-corrected chi connectivity index (χ0v) is 19.7. The lowest BCUT2D eigenvalue weighted by Gasteiger charge is -2.21. The first-order valence-electron chi connectivity index (χ1n) is 10.8. The molecule has 1 heterocycles. The van der Waals surface area contributed by atoms with Gasteiger partial charge in [0.05, 0.1) is 31.2 Å². The second-order valence-electron chi connectivity index (χ2n) is 7.76. The van der Waals surface area contributed by atoms with Crippen LogP contribution in [0.3, 0.4) is 0 Å². The van der Waals surface area contributed by atoms with Crippen LogP contribution in [-0.2, 0) is 19.5 Å². The monoisotopic (exact) mass is 480 g/mol. The first-order valence-corrected chi connectivity index (χ1v) is 11.2. The van der Waals surface area contributed by atoms with E-state index in [-0.39, 0.29) is 12.4 Å². The molecular formula is C25H25ClN4O4. The molecule has 0 unspecified atom stereocenters. The molecule has 1 amide bonds. The lowest BCUT2D eigenvalue weighted by molar-refractivity contribution is 0.0939. The van der Waals surface area contributed by atoms with Crippen LogP contribution < -0.4 is 25.7 Å². The van der Waals surface area contributed by atoms with Crippen LogP contribution >= 0.6 is 11.6 Å². The number of fused-ring (bicyclic) bond motifs is 1. The topological polar surface area (TPSA) is 105 Å². The predicted octanol–water partition coefficient (Wildman–Crippen LogP) is 3.36. The van der Waals surface area contributed by atoms with Crippen LogP contribution in [-0.4, -0.2) is 30.1 Å². The number of rotatable bonds is 8. The number of allylic oxidation sites excluding steroid dienone is 1. The summed E-state index contributed by atoms with van der Waals surface area (Å²) in [5, 5.41) is 6.60. The van der Waals surface area contributed by atoms with Gasteiger partial charge in [0.15, 0.2) is 5.82 Å². The van der Waals surface area contributed by atoms with E-state index in [4.69, 9.17) is 21.1 Å². The molecule has 8 nitrogen and oxygen atoms in total. The van der Waals surface area contributed by atoms with Crippen LogP contribution in [0.1, 0.15) is 39.4 Å². The highest BCUT2D eigenvalue weighted by Crippen LogP contribution is 2.29. The van der Waals surface area contributed by atoms with Crippen LogP contribution in [0.25, 0.3) is 5.70 Å². The van der Waals surface area contributed by atoms with Gasteiger partial charge in [0, 0.05) is 18.1 Å². The van der Waals surface area contributed by atoms with E-state index in [1.54, 1.807) is 14.2 Å². The highest BCUT2D eigenvalue weighted by molar-refractivity contribution is 6.32. The van der Waals surface area contributed by atoms with Crippen molar-refractivity contribution in [3.05, 3.63) is 92.1 Å². The fraction of sp³-hybridized carbons (Fsp3) is 0.240. The summed E-state index contributed by atoms with van der Waals surface area (Å²) in [6.07, 6.45) is 0.995. The van der Waals surface area contributed by atoms with Gasteiger partial charge in [0.25, 0.3) is 11.5 Å². The lowest BCUT2D eigenvalue weighted by Crippen LogP contribution is -2.32. The summed E-state index contributed by atoms with van der Waals surface area (Å²) < 4.78 is 10.5. The normalized spacial score (nSPS) is 12.7. The van der Waals surface area contributed by atoms with Crippen LogP contribution in [0.5, 0.6) is 11.5 Å². The third-order valence-electron chi connectivity index (χ3n) is 5.50. The van der Waals surface area contributed by atoms with Gasteiger partial charge in [-0.3, -0.25) is 9.59 Å². The van der Waals surface area contributed by atoms with Crippen molar-refractivity contribution in [2.24, 2.45) is 0 Å². The molecule has 0 saturated carbocycles. The number of benzene rings is 2. The fourth-order valence-electron chi connectivity index (χ4n) is 3.76. The summed E-state index contributed by atoms with van der Waals surface area (Å²) in [5.41, 5.74) is 2.86. The molecule has 0 radical (unpaired) electrons. The molecule has 4 rings (SSSR count). The number of carbonyl (C=O) groups is 1. The number of hydrogen-bond donors (Lipinski definition) is 3. The number of hydrogen-bond acceptors (Lipinski definition) is 6. The van der Waals surface area contributed by atoms with E-state index in [1.807, 2.05) is 48.5 Å². The minimum atomic E-state index is -0.464. The number of aromatic amines is 1. The molecule has 3 aromatic rings. The largest absolute Gasteiger partial charge is 0.497 e. The fourth-order valence-corrected chi connectivity index (χ4v) is 4.02. The number of H-pyrrole nitrogens is 1. The van der Waals surface area contributed by atoms with Crippen molar-refractivity contribution < 1.29 is 14.3 Å². The molecule has 0 fully saturated rings. The molecule has 1 aliphatic carbocycles. The van der Waals surface area contributed by atoms with Crippen molar-refractivity contribution in [1.29, 1.82) is 0 Å². The van der Waals surface area contributed by atoms with Crippen LogP contribution in [0.2, 0.25) is 0 Å². The highest BCUT2D eigenvalue weighted by atomic mass is 35.5. The van der Waals surface area contributed by atoms with Crippen LogP contribution in [0.4, 0.5) is 0 Å². The number of amides is 1. The summed E-state index contributed by atoms with van der Waals surface area (Å²) in [6.45, 7) is 0.723. The van der Waals surface area contributed by atoms with E-state index >= 15 is 0 Å². The van der Waals surface area contributed by atoms with Crippen molar-refractivity contribution in [3.63, 3.8) is 0 Å². The Kier molecular flexibility index (Phi) is 7.18. The van der Waals surface area contributed by atoms with Crippen molar-refractivity contribution in [2.75, 3.05) is 14.2 Å². The summed E-state index contributed by atoms with van der Waals surface area (Å²) in [4.78, 5) is 32.7. The van der Waals surface area contributed by atoms with Gasteiger partial charge in [-0.25, -0.2) is 4.98 Å². The molecule has 0 saturated heterocycles. The van der Waals surface area contributed by atoms with Gasteiger partial charge in [0.1, 0.15) is 11.5 Å². The standard InChI is InChI=1S/C25H25ClN4O4/c1-33-17-7-3-5-15(11-17)13-27-22-19(26)9-10-20-21(22)24(31)30-23(29-20)25(32)28-14-16-6-4-8-18(12-16)34-2/h3-8,11-12,27H,9-10,13-14H2,1-2H3,(H,28,32)(H,29,30,31). The minimum absolute atomic E-state index is 0.0307. The predicted molar refractivity (Wildman–Crippen MR) is 130 cm³/mol. The Labute approximate surface area is 202 Å². The number of ether oxygens (including phenoxy) is 2. The molecule has 0 aliphatic heterocycles. The molecule has 2 aromatic carbocycles. The smallest absolute Gasteiger partial charge is 0.287 e. The molecule has 3 N–H and O–H groups in total. The first-order chi connectivity index (χ1) is 16.5. The molecule has 176 valence electrons. The van der Waals surface area contributed by atoms with E-state index < -0.39 is 11.5 Å². The molecule has 34 heavy (non-hydrogen) atoms. The first kappa shape index (κ1) is 23.4. The Balaban J connectivity index is 1.51. The molecule has 0 atom stereocenters. The summed E-state index contributed by atoms with van der Waals surface area (Å²) >= 11 is 6.47. The molecule has 1 aromatic heterocycles. The molecule has 0 bridgehead atoms. The van der Waals surface area contributed by atoms with Gasteiger partial charge in [-0.05, 0) is 48.2 Å². The maximum atomic E-state index is 13.0. The van der Waals surface area contributed by atoms with Gasteiger partial charge in [-0.15, -0.1) is 0 Å². The van der Waals surface area contributed by atoms with E-state index in [0.29, 0.717) is 47.1 Å². The summed E-state index contributed by atoms with van der Waals surface area (Å²) in [5.74, 6) is 0.948. The Morgan fingerprint density at radius 3 is 2.32 bits per heavy atom. The maximum Gasteiger partial charge on any atom is 0.287 e. The zero-order valence-electron chi connectivity index (χ0n) is 18.9. The van der Waals surface area contributed by atoms with Gasteiger partial charge in [0.2, 0.25) is 0 Å². The highest BCUT2D eigenvalue weighted by Gasteiger charge is 2.24. The molecule has 1 aliphatic rings. The number of nitrogens with one attached hydrogen (secondary N) is 3. The Morgan fingerprint density at radius 2 is 1.68 bits per heavy atom. The van der Waals surface area contributed by atoms with Crippen molar-refractivity contribution >= 4 is 23.2 Å². The average molecular weight is 481 g/mol. The number of aryl methyl sites for hydroxylation is 1. The number of halogens is 1. The van der Waals surface area contributed by atoms with Crippen molar-refractivity contribution in [3.8, 4) is 11.5 Å². The third kappa shape index (κ3) is 5.23. The summed E-state index contributed by atoms with van der Waals surface area (Å²) in [6, 6.07) is 15.0. The maximum absolute atomic E-state index is 13.0. The van der Waals surface area contributed by atoms with Gasteiger partial charge < -0.3 is 25.1 Å². The Bertz CT molecular complexity index is 1300. The third-order valence-corrected chi connectivity index (χ3v) is 5.88. The lowest BCUT2D eigenvalue weighted by atomic mass is 10.00. The van der Waals surface area contributed by atoms with Gasteiger partial charge in [-0.2, -0.15) is 0 Å². The Hall–Kier alpha value is -3.78. The number of carbonyl (C=O) groups excluding carboxylic acids is 1. The van der Waals surface area contributed by atoms with E-state index in [2.05, 4.69) is 20.6 Å². The molecule has 9 heteroatoms. The van der Waals surface area contributed by atoms with Crippen LogP contribution in [0.15, 0.2) is 58.4 Å². The van der Waals surface area contributed by atoms with E-state index in [1.165, 1.54) is 0 Å². The van der Waals surface area contributed by atoms with Crippen LogP contribution in [0, 0.1) is 0 Å². The summed E-state index contributed by atoms with van der Waals surface area (Å²) in [7, 11) is 3.19. The SMILES string of the molecule is COc1cccc(CNC(=O)c2nc3c(c(=O)[nH]2)C(NCc2cccc(OC)c2)=C(Cl)CC3)c1. The van der Waals surface area contributed by atoms with E-state index in [0.717, 1.165) is 16.9 Å². The van der Waals surface area contributed by atoms with Gasteiger partial charge >= 0.3 is 0 Å². The second kappa shape index (κ2) is 10.4. The number of aromatic nitrogens is 2. The van der Waals surface area contributed by atoms with E-state index in [9.17, 15) is 9.59 Å². The average Bonchev–Trinajstić information content (AvgIpc) is 2.87. The van der Waals surface area contributed by atoms with Gasteiger partial charge in [-0.1, -0.05) is 35.9 Å². The van der Waals surface area contributed by atoms with Crippen molar-refractivity contribution in [2.45, 2.75) is 25.9 Å². The number of methoxy groups -OCH3 is 2. The van der Waals surface area contributed by atoms with Crippen molar-refractivity contribution in [1.82, 2.24) is 20.6 Å². The minimum Gasteiger partial charge on any atom is -0.497 e. The second-order valence-corrected chi connectivity index (χ2v) is 8.21. The quantitative estimate of drug-likeness (QED) is 0.456. The Morgan fingerprint density at radius 1 is 1.03 bits per heavy atom. The zero-order chi connectivity index (χ0) is 24.1. The number of nitrogens with zero attached hydrogens (tertiary/aromatic N) is 1. The molecule has 0 spiro atoms. The molecular weight excluding hydrogens is 456 g/mol.